The Morgan fingerprint density at radius 1 is 1.26 bits per heavy atom. The molecule has 19 heavy (non-hydrogen) atoms. The van der Waals surface area contributed by atoms with E-state index >= 15 is 0 Å². The second-order valence-corrected chi connectivity index (χ2v) is 5.95. The minimum Gasteiger partial charge on any atom is -0.444 e. The first kappa shape index (κ1) is 16.1. The molecule has 2 N–H and O–H groups in total. The summed E-state index contributed by atoms with van der Waals surface area (Å²) in [5.74, 6) is 0. The second kappa shape index (κ2) is 5.19. The van der Waals surface area contributed by atoms with Crippen LogP contribution >= 0.6 is 0 Å². The summed E-state index contributed by atoms with van der Waals surface area (Å²) in [4.78, 5) is 11.5. The van der Waals surface area contributed by atoms with E-state index in [4.69, 9.17) is 4.74 Å². The van der Waals surface area contributed by atoms with Gasteiger partial charge < -0.3 is 15.2 Å². The Labute approximate surface area is 110 Å². The summed E-state index contributed by atoms with van der Waals surface area (Å²) in [7, 11) is 0. The number of amides is 1. The van der Waals surface area contributed by atoms with Gasteiger partial charge in [-0.2, -0.15) is 13.2 Å². The molecule has 0 bridgehead atoms. The van der Waals surface area contributed by atoms with Crippen LogP contribution < -0.4 is 5.32 Å². The lowest BCUT2D eigenvalue weighted by molar-refractivity contribution is -0.270. The summed E-state index contributed by atoms with van der Waals surface area (Å²) in [6.45, 7) is 5.11. The van der Waals surface area contributed by atoms with Crippen LogP contribution in [-0.4, -0.2) is 34.6 Å². The van der Waals surface area contributed by atoms with Crippen LogP contribution in [0.3, 0.4) is 0 Å². The van der Waals surface area contributed by atoms with Gasteiger partial charge in [-0.05, 0) is 46.5 Å². The molecule has 0 aromatic carbocycles. The zero-order valence-corrected chi connectivity index (χ0v) is 11.3. The average Bonchev–Trinajstić information content (AvgIpc) is 2.17. The lowest BCUT2D eigenvalue weighted by atomic mass is 9.82. The summed E-state index contributed by atoms with van der Waals surface area (Å²) in [5.41, 5.74) is -3.27. The number of hydrogen-bond acceptors (Lipinski definition) is 3. The van der Waals surface area contributed by atoms with E-state index in [-0.39, 0.29) is 12.8 Å². The van der Waals surface area contributed by atoms with Gasteiger partial charge in [0, 0.05) is 6.04 Å². The van der Waals surface area contributed by atoms with E-state index in [9.17, 15) is 23.1 Å². The number of ether oxygens (including phenoxy) is 1. The number of carbonyl (C=O) groups is 1. The monoisotopic (exact) mass is 283 g/mol. The van der Waals surface area contributed by atoms with Gasteiger partial charge in [0.1, 0.15) is 5.60 Å². The largest absolute Gasteiger partial charge is 0.444 e. The molecule has 4 nitrogen and oxygen atoms in total. The van der Waals surface area contributed by atoms with Crippen molar-refractivity contribution in [2.75, 3.05) is 0 Å². The zero-order valence-electron chi connectivity index (χ0n) is 11.3. The summed E-state index contributed by atoms with van der Waals surface area (Å²) in [5, 5.41) is 12.0. The van der Waals surface area contributed by atoms with Gasteiger partial charge in [-0.15, -0.1) is 0 Å². The number of nitrogens with one attached hydrogen (secondary N) is 1. The molecule has 1 aliphatic carbocycles. The first-order valence-electron chi connectivity index (χ1n) is 6.22. The molecule has 0 saturated heterocycles. The highest BCUT2D eigenvalue weighted by molar-refractivity contribution is 5.68. The second-order valence-electron chi connectivity index (χ2n) is 5.95. The van der Waals surface area contributed by atoms with Crippen molar-refractivity contribution >= 4 is 6.09 Å². The fourth-order valence-corrected chi connectivity index (χ4v) is 2.00. The minimum absolute atomic E-state index is 0.0786. The van der Waals surface area contributed by atoms with E-state index in [1.807, 2.05) is 0 Å². The van der Waals surface area contributed by atoms with E-state index in [0.717, 1.165) is 0 Å². The molecule has 1 fully saturated rings. The standard InChI is InChI=1S/C12H20F3NO3/c1-10(2,3)19-9(17)16-8-4-6-11(18,7-5-8)12(13,14)15/h8,18H,4-7H2,1-3H3,(H,16,17). The summed E-state index contributed by atoms with van der Waals surface area (Å²) < 4.78 is 42.8. The zero-order chi connectivity index (χ0) is 14.9. The molecule has 1 saturated carbocycles. The van der Waals surface area contributed by atoms with Crippen LogP contribution in [0.1, 0.15) is 46.5 Å². The Hall–Kier alpha value is -0.980. The number of rotatable bonds is 1. The third kappa shape index (κ3) is 4.56. The average molecular weight is 283 g/mol. The van der Waals surface area contributed by atoms with Crippen molar-refractivity contribution < 1.29 is 27.8 Å². The summed E-state index contributed by atoms with van der Waals surface area (Å²) in [6.07, 6.45) is -5.92. The lowest BCUT2D eigenvalue weighted by Gasteiger charge is -2.37. The topological polar surface area (TPSA) is 58.6 Å². The van der Waals surface area contributed by atoms with Crippen molar-refractivity contribution in [2.24, 2.45) is 0 Å². The molecule has 0 aromatic heterocycles. The Kier molecular flexibility index (Phi) is 4.39. The fourth-order valence-electron chi connectivity index (χ4n) is 2.00. The van der Waals surface area contributed by atoms with Crippen molar-refractivity contribution in [3.05, 3.63) is 0 Å². The predicted molar refractivity (Wildman–Crippen MR) is 62.6 cm³/mol. The Bertz CT molecular complexity index is 328. The molecule has 0 spiro atoms. The van der Waals surface area contributed by atoms with Gasteiger partial charge >= 0.3 is 12.3 Å². The highest BCUT2D eigenvalue weighted by Gasteiger charge is 2.54. The first-order valence-corrected chi connectivity index (χ1v) is 6.22. The molecule has 0 aromatic rings. The third-order valence-electron chi connectivity index (χ3n) is 3.06. The Balaban J connectivity index is 2.45. The van der Waals surface area contributed by atoms with Crippen LogP contribution in [-0.2, 0) is 4.74 Å². The molecular weight excluding hydrogens is 263 g/mol. The van der Waals surface area contributed by atoms with Gasteiger partial charge in [-0.3, -0.25) is 0 Å². The van der Waals surface area contributed by atoms with Crippen molar-refractivity contribution in [3.8, 4) is 0 Å². The molecule has 1 rings (SSSR count). The molecule has 0 radical (unpaired) electrons. The van der Waals surface area contributed by atoms with Crippen molar-refractivity contribution in [3.63, 3.8) is 0 Å². The maximum Gasteiger partial charge on any atom is 0.417 e. The SMILES string of the molecule is CC(C)(C)OC(=O)NC1CCC(O)(C(F)(F)F)CC1. The molecule has 112 valence electrons. The number of aliphatic hydroxyl groups is 1. The number of hydrogen-bond donors (Lipinski definition) is 2. The van der Waals surface area contributed by atoms with E-state index in [0.29, 0.717) is 0 Å². The lowest BCUT2D eigenvalue weighted by Crippen LogP contribution is -2.51. The quantitative estimate of drug-likeness (QED) is 0.778. The predicted octanol–water partition coefficient (Wildman–Crippen LogP) is 2.75. The van der Waals surface area contributed by atoms with E-state index < -0.39 is 42.4 Å². The molecule has 0 heterocycles. The first-order chi connectivity index (χ1) is 8.43. The highest BCUT2D eigenvalue weighted by Crippen LogP contribution is 2.41. The smallest absolute Gasteiger partial charge is 0.417 e. The van der Waals surface area contributed by atoms with Gasteiger partial charge in [0.2, 0.25) is 0 Å². The van der Waals surface area contributed by atoms with Crippen molar-refractivity contribution in [1.29, 1.82) is 0 Å². The molecule has 1 aliphatic rings. The normalized spacial score (nSPS) is 28.9. The van der Waals surface area contributed by atoms with Gasteiger partial charge in [-0.25, -0.2) is 4.79 Å². The molecule has 0 unspecified atom stereocenters. The van der Waals surface area contributed by atoms with Gasteiger partial charge in [0.15, 0.2) is 5.60 Å². The van der Waals surface area contributed by atoms with Crippen LogP contribution in [0.15, 0.2) is 0 Å². The maximum absolute atomic E-state index is 12.6. The molecule has 0 atom stereocenters. The van der Waals surface area contributed by atoms with Gasteiger partial charge in [0.25, 0.3) is 0 Å². The van der Waals surface area contributed by atoms with Crippen LogP contribution in [0, 0.1) is 0 Å². The molecule has 1 amide bonds. The van der Waals surface area contributed by atoms with Gasteiger partial charge in [0.05, 0.1) is 0 Å². The third-order valence-corrected chi connectivity index (χ3v) is 3.06. The summed E-state index contributed by atoms with van der Waals surface area (Å²) >= 11 is 0. The van der Waals surface area contributed by atoms with Crippen LogP contribution in [0.5, 0.6) is 0 Å². The van der Waals surface area contributed by atoms with E-state index in [1.54, 1.807) is 20.8 Å². The number of alkyl carbamates (subject to hydrolysis) is 1. The number of alkyl halides is 3. The van der Waals surface area contributed by atoms with Crippen LogP contribution in [0.2, 0.25) is 0 Å². The highest BCUT2D eigenvalue weighted by atomic mass is 19.4. The minimum atomic E-state index is -4.62. The maximum atomic E-state index is 12.6. The fraction of sp³-hybridized carbons (Fsp3) is 0.917. The van der Waals surface area contributed by atoms with Crippen molar-refractivity contribution in [2.45, 2.75) is 69.9 Å². The summed E-state index contributed by atoms with van der Waals surface area (Å²) in [6, 6.07) is -0.391. The molecule has 0 aliphatic heterocycles. The Morgan fingerprint density at radius 3 is 2.11 bits per heavy atom. The molecule has 7 heteroatoms. The van der Waals surface area contributed by atoms with E-state index in [1.165, 1.54) is 0 Å². The van der Waals surface area contributed by atoms with Gasteiger partial charge in [-0.1, -0.05) is 0 Å². The number of carbonyl (C=O) groups excluding carboxylic acids is 1. The Morgan fingerprint density at radius 2 is 1.74 bits per heavy atom. The van der Waals surface area contributed by atoms with Crippen LogP contribution in [0.4, 0.5) is 18.0 Å². The number of halogens is 3. The van der Waals surface area contributed by atoms with Crippen LogP contribution in [0.25, 0.3) is 0 Å². The van der Waals surface area contributed by atoms with E-state index in [2.05, 4.69) is 5.32 Å². The van der Waals surface area contributed by atoms with Crippen molar-refractivity contribution in [1.82, 2.24) is 5.32 Å². The molecular formula is C12H20F3NO3.